The quantitative estimate of drug-likeness (QED) is 0.355. The first-order chi connectivity index (χ1) is 17.5. The van der Waals surface area contributed by atoms with Gasteiger partial charge in [0.15, 0.2) is 0 Å². The molecule has 2 aromatic carbocycles. The minimum absolute atomic E-state index is 0.0331. The Morgan fingerprint density at radius 2 is 1.24 bits per heavy atom. The van der Waals surface area contributed by atoms with Gasteiger partial charge in [-0.2, -0.15) is 13.2 Å². The molecule has 4 amide bonds. The summed E-state index contributed by atoms with van der Waals surface area (Å²) < 4.78 is 40.6. The Labute approximate surface area is 209 Å². The average molecular weight is 504 g/mol. The Kier molecular flexibility index (Phi) is 4.80. The van der Waals surface area contributed by atoms with Crippen molar-refractivity contribution in [3.8, 4) is 12.3 Å². The smallest absolute Gasteiger partial charge is 0.274 e. The van der Waals surface area contributed by atoms with Gasteiger partial charge in [0.2, 0.25) is 23.6 Å². The third-order valence-corrected chi connectivity index (χ3v) is 8.07. The minimum atomic E-state index is -4.66. The SMILES string of the molecule is C#Cc1cccc(N2C(=O)C3C4C=CC(C3C2=O)C2C(=O)N(c3ccc(C)c(C(F)(F)F)c3)C(=O)C42)c1. The molecule has 6 atom stereocenters. The number of hydrogen-bond acceptors (Lipinski definition) is 4. The van der Waals surface area contributed by atoms with E-state index in [1.54, 1.807) is 36.4 Å². The van der Waals surface area contributed by atoms with E-state index in [0.717, 1.165) is 15.9 Å². The Bertz CT molecular complexity index is 1440. The van der Waals surface area contributed by atoms with Gasteiger partial charge in [-0.1, -0.05) is 30.2 Å². The summed E-state index contributed by atoms with van der Waals surface area (Å²) in [6, 6.07) is 9.78. The Balaban J connectivity index is 1.38. The standard InChI is InChI=1S/C28H19F3N2O4/c1-3-14-5-4-6-15(11-14)32-24(34)20-17-9-10-18(21(20)25(32)35)23-22(17)26(36)33(27(23)37)16-8-7-13(2)19(12-16)28(29,30)31/h1,4-12,17-18,20-23H,2H3. The molecule has 3 aliphatic carbocycles. The van der Waals surface area contributed by atoms with Gasteiger partial charge >= 0.3 is 6.18 Å². The first kappa shape index (κ1) is 23.2. The Hall–Kier alpha value is -4.19. The molecule has 2 bridgehead atoms. The van der Waals surface area contributed by atoms with E-state index in [1.165, 1.54) is 19.1 Å². The van der Waals surface area contributed by atoms with Crippen LogP contribution in [-0.2, 0) is 25.4 Å². The van der Waals surface area contributed by atoms with E-state index in [4.69, 9.17) is 6.42 Å². The van der Waals surface area contributed by atoms with Crippen LogP contribution in [0.3, 0.4) is 0 Å². The van der Waals surface area contributed by atoms with Gasteiger partial charge in [0.05, 0.1) is 40.6 Å². The zero-order chi connectivity index (χ0) is 26.4. The van der Waals surface area contributed by atoms with Gasteiger partial charge in [0.1, 0.15) is 0 Å². The lowest BCUT2D eigenvalue weighted by Gasteiger charge is -2.44. The van der Waals surface area contributed by atoms with Crippen molar-refractivity contribution in [3.05, 3.63) is 71.3 Å². The van der Waals surface area contributed by atoms with E-state index in [0.29, 0.717) is 11.3 Å². The molecule has 6 nitrogen and oxygen atoms in total. The van der Waals surface area contributed by atoms with Crippen molar-refractivity contribution in [1.29, 1.82) is 0 Å². The zero-order valence-corrected chi connectivity index (χ0v) is 19.4. The Morgan fingerprint density at radius 1 is 0.757 bits per heavy atom. The van der Waals surface area contributed by atoms with Crippen LogP contribution in [0.2, 0.25) is 0 Å². The lowest BCUT2D eigenvalue weighted by molar-refractivity contribution is -0.138. The van der Waals surface area contributed by atoms with Crippen LogP contribution in [0.15, 0.2) is 54.6 Å². The van der Waals surface area contributed by atoms with Crippen molar-refractivity contribution >= 4 is 35.0 Å². The molecule has 186 valence electrons. The van der Waals surface area contributed by atoms with Crippen LogP contribution in [0.25, 0.3) is 0 Å². The fourth-order valence-electron chi connectivity index (χ4n) is 6.52. The summed E-state index contributed by atoms with van der Waals surface area (Å²) in [4.78, 5) is 56.1. The van der Waals surface area contributed by atoms with Gasteiger partial charge in [0.25, 0.3) is 0 Å². The van der Waals surface area contributed by atoms with Crippen LogP contribution in [-0.4, -0.2) is 23.6 Å². The van der Waals surface area contributed by atoms with E-state index in [1.807, 2.05) is 0 Å². The summed E-state index contributed by atoms with van der Waals surface area (Å²) in [5.41, 5.74) is -0.327. The zero-order valence-electron chi connectivity index (χ0n) is 19.4. The Morgan fingerprint density at radius 3 is 1.70 bits per heavy atom. The third kappa shape index (κ3) is 3.08. The molecule has 2 heterocycles. The third-order valence-electron chi connectivity index (χ3n) is 8.07. The fourth-order valence-corrected chi connectivity index (χ4v) is 6.52. The number of carbonyl (C=O) groups excluding carboxylic acids is 4. The van der Waals surface area contributed by atoms with E-state index in [2.05, 4.69) is 5.92 Å². The number of aryl methyl sites for hydroxylation is 1. The van der Waals surface area contributed by atoms with E-state index in [9.17, 15) is 32.3 Å². The van der Waals surface area contributed by atoms with Crippen molar-refractivity contribution < 1.29 is 32.3 Å². The van der Waals surface area contributed by atoms with Gasteiger partial charge in [-0.25, -0.2) is 4.90 Å². The highest BCUT2D eigenvalue weighted by molar-refractivity contribution is 6.26. The summed E-state index contributed by atoms with van der Waals surface area (Å²) in [6.07, 6.45) is 4.20. The number of alkyl halides is 3. The maximum Gasteiger partial charge on any atom is 0.416 e. The first-order valence-corrected chi connectivity index (χ1v) is 11.7. The fraction of sp³-hybridized carbons (Fsp3) is 0.286. The first-order valence-electron chi connectivity index (χ1n) is 11.7. The van der Waals surface area contributed by atoms with E-state index < -0.39 is 70.9 Å². The van der Waals surface area contributed by atoms with Crippen LogP contribution >= 0.6 is 0 Å². The second-order valence-corrected chi connectivity index (χ2v) is 9.86. The molecule has 6 unspecified atom stereocenters. The van der Waals surface area contributed by atoms with Crippen molar-refractivity contribution in [2.24, 2.45) is 35.5 Å². The minimum Gasteiger partial charge on any atom is -0.274 e. The molecule has 0 spiro atoms. The highest BCUT2D eigenvalue weighted by atomic mass is 19.4. The molecule has 37 heavy (non-hydrogen) atoms. The number of anilines is 2. The number of nitrogens with zero attached hydrogens (tertiary/aromatic N) is 2. The monoisotopic (exact) mass is 504 g/mol. The van der Waals surface area contributed by atoms with Crippen LogP contribution in [0.4, 0.5) is 24.5 Å². The van der Waals surface area contributed by atoms with Gasteiger partial charge in [-0.3, -0.25) is 24.1 Å². The summed E-state index contributed by atoms with van der Waals surface area (Å²) in [5, 5.41) is 0. The second-order valence-electron chi connectivity index (χ2n) is 9.86. The number of imide groups is 2. The van der Waals surface area contributed by atoms with Gasteiger partial charge in [-0.15, -0.1) is 6.42 Å². The predicted octanol–water partition coefficient (Wildman–Crippen LogP) is 3.72. The molecule has 5 aliphatic rings. The molecule has 0 radical (unpaired) electrons. The second kappa shape index (κ2) is 7.65. The van der Waals surface area contributed by atoms with Crippen LogP contribution in [0.5, 0.6) is 0 Å². The van der Waals surface area contributed by atoms with Crippen molar-refractivity contribution in [2.45, 2.75) is 13.1 Å². The van der Waals surface area contributed by atoms with E-state index >= 15 is 0 Å². The molecule has 2 aliphatic heterocycles. The highest BCUT2D eigenvalue weighted by Gasteiger charge is 2.68. The molecule has 2 saturated heterocycles. The number of halogens is 3. The largest absolute Gasteiger partial charge is 0.416 e. The number of terminal acetylenes is 1. The van der Waals surface area contributed by atoms with Gasteiger partial charge < -0.3 is 0 Å². The summed E-state index contributed by atoms with van der Waals surface area (Å²) in [7, 11) is 0. The van der Waals surface area contributed by atoms with Gasteiger partial charge in [0, 0.05) is 17.4 Å². The van der Waals surface area contributed by atoms with Crippen molar-refractivity contribution in [3.63, 3.8) is 0 Å². The lowest BCUT2D eigenvalue weighted by Crippen LogP contribution is -2.50. The normalized spacial score (nSPS) is 30.1. The molecule has 7 rings (SSSR count). The van der Waals surface area contributed by atoms with E-state index in [-0.39, 0.29) is 11.3 Å². The maximum atomic E-state index is 13.6. The molecule has 1 saturated carbocycles. The summed E-state index contributed by atoms with van der Waals surface area (Å²) >= 11 is 0. The number of allylic oxidation sites excluding steroid dienone is 2. The number of benzene rings is 2. The van der Waals surface area contributed by atoms with Crippen LogP contribution < -0.4 is 9.80 Å². The number of amides is 4. The molecule has 0 N–H and O–H groups in total. The molecule has 3 fully saturated rings. The highest BCUT2D eigenvalue weighted by Crippen LogP contribution is 2.58. The lowest BCUT2D eigenvalue weighted by atomic mass is 9.54. The topological polar surface area (TPSA) is 74.8 Å². The van der Waals surface area contributed by atoms with Crippen LogP contribution in [0.1, 0.15) is 16.7 Å². The van der Waals surface area contributed by atoms with Gasteiger partial charge in [-0.05, 0) is 42.8 Å². The molecule has 0 aromatic heterocycles. The molecule has 9 heteroatoms. The van der Waals surface area contributed by atoms with Crippen molar-refractivity contribution in [1.82, 2.24) is 0 Å². The number of rotatable bonds is 2. The van der Waals surface area contributed by atoms with Crippen LogP contribution in [0, 0.1) is 54.8 Å². The number of hydrogen-bond donors (Lipinski definition) is 0. The summed E-state index contributed by atoms with van der Waals surface area (Å²) in [6.45, 7) is 1.30. The predicted molar refractivity (Wildman–Crippen MR) is 126 cm³/mol. The molecular weight excluding hydrogens is 485 g/mol. The average Bonchev–Trinajstić information content (AvgIpc) is 3.31. The number of carbonyl (C=O) groups is 4. The molecule has 2 aromatic rings. The van der Waals surface area contributed by atoms with Crippen molar-refractivity contribution in [2.75, 3.05) is 9.80 Å². The summed E-state index contributed by atoms with van der Waals surface area (Å²) in [5.74, 6) is -4.83. The molecular formula is C28H19F3N2O4. The maximum absolute atomic E-state index is 13.6.